The Morgan fingerprint density at radius 1 is 0.909 bits per heavy atom. The summed E-state index contributed by atoms with van der Waals surface area (Å²) < 4.78 is 47.4. The molecule has 0 aliphatic carbocycles. The van der Waals surface area contributed by atoms with Crippen LogP contribution in [-0.2, 0) is 25.5 Å². The zero-order valence-electron chi connectivity index (χ0n) is 51.2. The maximum Gasteiger partial charge on any atom is 0.409 e. The molecule has 466 valence electrons. The minimum absolute atomic E-state index is 0.0103. The molecule has 5 aliphatic heterocycles. The van der Waals surface area contributed by atoms with Gasteiger partial charge in [-0.25, -0.2) is 14.2 Å². The number of thiazole rings is 1. The van der Waals surface area contributed by atoms with Crippen molar-refractivity contribution in [3.63, 3.8) is 0 Å². The van der Waals surface area contributed by atoms with Crippen molar-refractivity contribution in [1.29, 1.82) is 0 Å². The second-order valence-corrected chi connectivity index (χ2v) is 25.5. The van der Waals surface area contributed by atoms with Crippen molar-refractivity contribution in [2.45, 2.75) is 135 Å². The summed E-state index contributed by atoms with van der Waals surface area (Å²) in [4.78, 5) is 72.2. The summed E-state index contributed by atoms with van der Waals surface area (Å²) in [5.41, 5.74) is 6.43. The number of piperazine rings is 1. The van der Waals surface area contributed by atoms with E-state index in [1.54, 1.807) is 35.6 Å². The van der Waals surface area contributed by atoms with Gasteiger partial charge in [-0.1, -0.05) is 81.2 Å². The zero-order chi connectivity index (χ0) is 61.2. The number of pyridine rings is 1. The molecule has 5 aliphatic rings. The molecule has 2 N–H and O–H groups in total. The highest BCUT2D eigenvalue weighted by molar-refractivity contribution is 7.13. The minimum Gasteiger partial charge on any atom is -0.468 e. The Morgan fingerprint density at radius 3 is 2.44 bits per heavy atom. The Labute approximate surface area is 516 Å². The third-order valence-corrected chi connectivity index (χ3v) is 19.7. The Hall–Kier alpha value is -7.53. The van der Waals surface area contributed by atoms with E-state index in [0.29, 0.717) is 66.9 Å². The number of carbonyl (C=O) groups excluding carboxylic acids is 3. The summed E-state index contributed by atoms with van der Waals surface area (Å²) >= 11 is 1.58. The Morgan fingerprint density at radius 2 is 1.70 bits per heavy atom. The van der Waals surface area contributed by atoms with Crippen LogP contribution in [0.1, 0.15) is 120 Å². The number of ether oxygens (including phenoxy) is 4. The second-order valence-electron chi connectivity index (χ2n) is 24.7. The van der Waals surface area contributed by atoms with Crippen LogP contribution >= 0.6 is 11.3 Å². The predicted molar refractivity (Wildman–Crippen MR) is 334 cm³/mol. The van der Waals surface area contributed by atoms with Crippen LogP contribution in [0.4, 0.5) is 20.8 Å². The third kappa shape index (κ3) is 12.3. The molecule has 3 amide bonds. The number of nitrogens with one attached hydrogen (secondary N) is 1. The monoisotopic (exact) mass is 1220 g/mol. The first kappa shape index (κ1) is 60.7. The Bertz CT molecular complexity index is 3640. The lowest BCUT2D eigenvalue weighted by Gasteiger charge is -2.36. The van der Waals surface area contributed by atoms with Crippen molar-refractivity contribution in [3.05, 3.63) is 101 Å². The number of carbonyl (C=O) groups is 3. The van der Waals surface area contributed by atoms with Crippen LogP contribution in [0.15, 0.2) is 76.9 Å². The van der Waals surface area contributed by atoms with Crippen molar-refractivity contribution in [1.82, 2.24) is 45.1 Å². The summed E-state index contributed by atoms with van der Waals surface area (Å²) in [6.07, 6.45) is 9.04. The average molecular weight is 1220 g/mol. The highest BCUT2D eigenvalue weighted by atomic mass is 32.1. The molecule has 3 aromatic carbocycles. The van der Waals surface area contributed by atoms with Crippen molar-refractivity contribution in [3.8, 4) is 33.5 Å². The number of hydrogen-bond donors (Lipinski definition) is 2. The minimum atomic E-state index is -0.864. The first-order chi connectivity index (χ1) is 42.7. The zero-order valence-corrected chi connectivity index (χ0v) is 52.0. The smallest absolute Gasteiger partial charge is 0.409 e. The van der Waals surface area contributed by atoms with Crippen LogP contribution < -0.4 is 24.6 Å². The first-order valence-corrected chi connectivity index (χ1v) is 32.2. The summed E-state index contributed by atoms with van der Waals surface area (Å²) in [7, 11) is 1.56. The van der Waals surface area contributed by atoms with Crippen molar-refractivity contribution in [2.24, 2.45) is 5.92 Å². The van der Waals surface area contributed by atoms with Gasteiger partial charge in [0, 0.05) is 83.2 Å². The van der Waals surface area contributed by atoms with Crippen LogP contribution in [0, 0.1) is 18.7 Å². The van der Waals surface area contributed by atoms with Crippen LogP contribution in [0.2, 0.25) is 0 Å². The number of methoxy groups -OCH3 is 1. The number of fused-ring (bicyclic) bond motifs is 3. The summed E-state index contributed by atoms with van der Waals surface area (Å²) in [5.74, 6) is -0.0842. The van der Waals surface area contributed by atoms with Gasteiger partial charge in [0.1, 0.15) is 48.0 Å². The largest absolute Gasteiger partial charge is 0.468 e. The van der Waals surface area contributed by atoms with Crippen molar-refractivity contribution >= 4 is 62.6 Å². The summed E-state index contributed by atoms with van der Waals surface area (Å²) in [6, 6.07) is 18.5. The van der Waals surface area contributed by atoms with Gasteiger partial charge in [0.05, 0.1) is 39.2 Å². The molecule has 4 aromatic heterocycles. The number of halogens is 1. The van der Waals surface area contributed by atoms with Crippen LogP contribution in [-0.4, -0.2) is 166 Å². The van der Waals surface area contributed by atoms with Gasteiger partial charge in [-0.2, -0.15) is 9.97 Å². The number of aromatic nitrogens is 5. The summed E-state index contributed by atoms with van der Waals surface area (Å²) in [5, 5.41) is 20.7. The van der Waals surface area contributed by atoms with E-state index in [2.05, 4.69) is 38.2 Å². The quantitative estimate of drug-likeness (QED) is 0.0720. The van der Waals surface area contributed by atoms with E-state index in [4.69, 9.17) is 38.4 Å². The lowest BCUT2D eigenvalue weighted by molar-refractivity contribution is -0.141. The molecule has 5 saturated heterocycles. The van der Waals surface area contributed by atoms with Crippen molar-refractivity contribution in [2.75, 3.05) is 89.3 Å². The molecule has 12 rings (SSSR count). The molecule has 20 nitrogen and oxygen atoms in total. The lowest BCUT2D eigenvalue weighted by atomic mass is 9.91. The molecule has 9 heterocycles. The van der Waals surface area contributed by atoms with Gasteiger partial charge in [-0.3, -0.25) is 19.5 Å². The van der Waals surface area contributed by atoms with Gasteiger partial charge < -0.3 is 53.5 Å². The molecular formula is C66H80FN11O9S. The lowest BCUT2D eigenvalue weighted by Crippen LogP contribution is -2.50. The van der Waals surface area contributed by atoms with Gasteiger partial charge in [0.25, 0.3) is 0 Å². The van der Waals surface area contributed by atoms with Gasteiger partial charge in [-0.15, -0.1) is 11.3 Å². The summed E-state index contributed by atoms with van der Waals surface area (Å²) in [6.45, 7) is 14.5. The molecule has 0 spiro atoms. The highest BCUT2D eigenvalue weighted by Gasteiger charge is 2.51. The number of benzene rings is 3. The maximum absolute atomic E-state index is 17.6. The SMILES string of the molecule is CCc1cccc2cc(OCOC)cc(-c3ncc4c(N5CCCCCC5)nc(OC[C@@]56CCCN5[C@H](COC(=O)N5CCN(c7cc([C@H](C(=O)N8C[C@H](O)C[C@H]8C(=O)N[C@@H](C)c8ccc(-c9scnc9C)cc8)C(C)C)on7)CC5)CC6)nc4c3F)c12. The van der Waals surface area contributed by atoms with E-state index in [1.807, 2.05) is 86.6 Å². The van der Waals surface area contributed by atoms with Gasteiger partial charge >= 0.3 is 12.1 Å². The Kier molecular flexibility index (Phi) is 18.1. The molecule has 0 saturated carbocycles. The molecule has 0 unspecified atom stereocenters. The highest BCUT2D eigenvalue weighted by Crippen LogP contribution is 2.44. The van der Waals surface area contributed by atoms with Gasteiger partial charge in [0.2, 0.25) is 11.8 Å². The van der Waals surface area contributed by atoms with E-state index >= 15 is 4.39 Å². The topological polar surface area (TPSA) is 214 Å². The fraction of sp³-hybridized carbons (Fsp3) is 0.515. The van der Waals surface area contributed by atoms with E-state index in [1.165, 1.54) is 4.90 Å². The van der Waals surface area contributed by atoms with Crippen LogP contribution in [0.25, 0.3) is 43.4 Å². The van der Waals surface area contributed by atoms with Crippen molar-refractivity contribution < 1.29 is 47.4 Å². The first-order valence-electron chi connectivity index (χ1n) is 31.3. The predicted octanol–water partition coefficient (Wildman–Crippen LogP) is 10.2. The normalized spacial score (nSPS) is 21.5. The number of aliphatic hydroxyl groups excluding tert-OH is 1. The number of nitrogens with zero attached hydrogens (tertiary/aromatic N) is 10. The maximum atomic E-state index is 17.6. The van der Waals surface area contributed by atoms with E-state index in [9.17, 15) is 19.5 Å². The number of aliphatic hydroxyl groups is 1. The standard InChI is InChI=1S/C66H80FN11O9S/c1-7-43-14-12-15-46-30-49(86-39-83-6)32-50(56(43)46)58-57(67)59-51(34-68-58)61(75-23-10-8-9-11-24-75)72-64(71-59)85-37-66-21-13-25-78(66)47(20-22-66)36-84-65(82)76-28-26-74(27-29-76)54-33-53(87-73-54)55(40(2)3)63(81)77-35-48(79)31-52(77)62(80)70-41(4)44-16-18-45(19-17-44)60-42(5)69-38-88-60/h12,14-19,30,32-34,38,40-41,47-48,52,55,79H,7-11,13,20-29,31,35-37,39H2,1-6H3,(H,70,80)/t41-,47-,48+,52-,55+,66-/m0/s1. The molecule has 0 radical (unpaired) electrons. The fourth-order valence-corrected chi connectivity index (χ4v) is 14.8. The third-order valence-electron chi connectivity index (χ3n) is 18.7. The molecule has 88 heavy (non-hydrogen) atoms. The van der Waals surface area contributed by atoms with Gasteiger partial charge in [0.15, 0.2) is 24.2 Å². The Balaban J connectivity index is 0.672. The molecule has 5 fully saturated rings. The van der Waals surface area contributed by atoms with Crippen LogP contribution in [0.5, 0.6) is 11.8 Å². The molecule has 6 atom stereocenters. The van der Waals surface area contributed by atoms with E-state index in [-0.39, 0.29) is 85.0 Å². The number of β-amino-alcohol motifs (C(OH)–C–C–N with tert-alkyl or cyclic N) is 1. The fourth-order valence-electron chi connectivity index (χ4n) is 14.0. The van der Waals surface area contributed by atoms with E-state index in [0.717, 1.165) is 115 Å². The molecular weight excluding hydrogens is 1140 g/mol. The second kappa shape index (κ2) is 26.3. The number of hydrogen-bond acceptors (Lipinski definition) is 18. The van der Waals surface area contributed by atoms with Gasteiger partial charge in [-0.05, 0) is 111 Å². The average Bonchev–Trinajstić information content (AvgIpc) is 2.51. The number of aryl methyl sites for hydroxylation is 2. The molecule has 22 heteroatoms. The number of amides is 3. The molecule has 0 bridgehead atoms. The number of likely N-dealkylation sites (tertiary alicyclic amines) is 1. The number of rotatable bonds is 19. The van der Waals surface area contributed by atoms with E-state index < -0.39 is 23.9 Å². The number of anilines is 2. The molecule has 7 aromatic rings. The van der Waals surface area contributed by atoms with Crippen LogP contribution in [0.3, 0.4) is 0 Å².